The molecule has 2 aromatic heterocycles. The Morgan fingerprint density at radius 3 is 2.33 bits per heavy atom. The maximum Gasteiger partial charge on any atom is 0.212 e. The Morgan fingerprint density at radius 1 is 1.05 bits per heavy atom. The molecule has 0 amide bonds. The van der Waals surface area contributed by atoms with Crippen molar-refractivity contribution in [3.63, 3.8) is 0 Å². The molecule has 0 aliphatic heterocycles. The predicted molar refractivity (Wildman–Crippen MR) is 84.7 cm³/mol. The molecule has 1 N–H and O–H groups in total. The Kier molecular flexibility index (Phi) is 5.69. The first kappa shape index (κ1) is 15.4. The number of hydrogen-bond donors (Lipinski definition) is 1. The number of aryl methyl sites for hydroxylation is 1. The van der Waals surface area contributed by atoms with E-state index in [4.69, 9.17) is 4.74 Å². The van der Waals surface area contributed by atoms with Gasteiger partial charge in [-0.15, -0.1) is 0 Å². The molecule has 112 valence electrons. The number of aromatic nitrogens is 2. The Labute approximate surface area is 126 Å². The van der Waals surface area contributed by atoms with Gasteiger partial charge in [0.1, 0.15) is 0 Å². The van der Waals surface area contributed by atoms with E-state index < -0.39 is 0 Å². The zero-order valence-electron chi connectivity index (χ0n) is 13.0. The molecule has 2 heterocycles. The van der Waals surface area contributed by atoms with Gasteiger partial charge >= 0.3 is 0 Å². The smallest absolute Gasteiger partial charge is 0.212 e. The van der Waals surface area contributed by atoms with Gasteiger partial charge in [-0.1, -0.05) is 19.1 Å². The SMILES string of the molecule is CCc1ccc(CC(Cc2ccc(OC)nc2)NC)nc1. The highest BCUT2D eigenvalue weighted by atomic mass is 16.5. The molecule has 2 rings (SSSR count). The third-order valence-electron chi connectivity index (χ3n) is 3.65. The number of pyridine rings is 2. The van der Waals surface area contributed by atoms with Crippen molar-refractivity contribution in [1.82, 2.24) is 15.3 Å². The van der Waals surface area contributed by atoms with Crippen LogP contribution in [0.5, 0.6) is 5.88 Å². The van der Waals surface area contributed by atoms with Crippen molar-refractivity contribution in [3.05, 3.63) is 53.5 Å². The van der Waals surface area contributed by atoms with E-state index in [1.807, 2.05) is 25.5 Å². The van der Waals surface area contributed by atoms with E-state index in [9.17, 15) is 0 Å². The molecule has 1 unspecified atom stereocenters. The van der Waals surface area contributed by atoms with Crippen LogP contribution in [0.3, 0.4) is 0 Å². The maximum absolute atomic E-state index is 5.08. The fraction of sp³-hybridized carbons (Fsp3) is 0.412. The number of nitrogens with one attached hydrogen (secondary N) is 1. The van der Waals surface area contributed by atoms with Gasteiger partial charge in [-0.3, -0.25) is 4.98 Å². The first-order valence-corrected chi connectivity index (χ1v) is 7.35. The molecule has 1 atom stereocenters. The quantitative estimate of drug-likeness (QED) is 0.848. The second kappa shape index (κ2) is 7.74. The lowest BCUT2D eigenvalue weighted by atomic mass is 10.0. The summed E-state index contributed by atoms with van der Waals surface area (Å²) in [4.78, 5) is 8.78. The van der Waals surface area contributed by atoms with Crippen LogP contribution in [-0.4, -0.2) is 30.2 Å². The van der Waals surface area contributed by atoms with Crippen molar-refractivity contribution in [1.29, 1.82) is 0 Å². The van der Waals surface area contributed by atoms with Gasteiger partial charge in [0.25, 0.3) is 0 Å². The second-order valence-corrected chi connectivity index (χ2v) is 5.11. The highest BCUT2D eigenvalue weighted by Crippen LogP contribution is 2.11. The van der Waals surface area contributed by atoms with E-state index in [0.717, 1.165) is 25.0 Å². The van der Waals surface area contributed by atoms with E-state index in [2.05, 4.69) is 40.4 Å². The zero-order chi connectivity index (χ0) is 15.1. The van der Waals surface area contributed by atoms with Crippen LogP contribution in [-0.2, 0) is 19.3 Å². The summed E-state index contributed by atoms with van der Waals surface area (Å²) in [5.41, 5.74) is 3.59. The molecule has 2 aromatic rings. The molecule has 0 aliphatic rings. The van der Waals surface area contributed by atoms with Gasteiger partial charge in [0.2, 0.25) is 5.88 Å². The van der Waals surface area contributed by atoms with Crippen LogP contribution in [0.4, 0.5) is 0 Å². The molecule has 0 saturated heterocycles. The van der Waals surface area contributed by atoms with Gasteiger partial charge < -0.3 is 10.1 Å². The molecule has 21 heavy (non-hydrogen) atoms. The fourth-order valence-electron chi connectivity index (χ4n) is 2.25. The van der Waals surface area contributed by atoms with E-state index in [0.29, 0.717) is 11.9 Å². The van der Waals surface area contributed by atoms with Crippen molar-refractivity contribution in [2.24, 2.45) is 0 Å². The van der Waals surface area contributed by atoms with Crippen molar-refractivity contribution in [3.8, 4) is 5.88 Å². The summed E-state index contributed by atoms with van der Waals surface area (Å²) in [6.45, 7) is 2.14. The lowest BCUT2D eigenvalue weighted by Gasteiger charge is -2.16. The Bertz CT molecular complexity index is 487. The molecule has 0 fully saturated rings. The minimum atomic E-state index is 0.347. The lowest BCUT2D eigenvalue weighted by Crippen LogP contribution is -2.30. The van der Waals surface area contributed by atoms with Crippen molar-refractivity contribution < 1.29 is 4.74 Å². The van der Waals surface area contributed by atoms with Crippen LogP contribution in [0.1, 0.15) is 23.7 Å². The molecule has 4 nitrogen and oxygen atoms in total. The van der Waals surface area contributed by atoms with Gasteiger partial charge in [-0.25, -0.2) is 4.98 Å². The second-order valence-electron chi connectivity index (χ2n) is 5.11. The first-order valence-electron chi connectivity index (χ1n) is 7.35. The van der Waals surface area contributed by atoms with Crippen LogP contribution >= 0.6 is 0 Å². The van der Waals surface area contributed by atoms with Gasteiger partial charge in [0.05, 0.1) is 7.11 Å². The standard InChI is InChI=1S/C17H23N3O/c1-4-13-5-7-15(19-11-13)10-16(18-2)9-14-6-8-17(21-3)20-12-14/h5-8,11-12,16,18H,4,9-10H2,1-3H3. The molecule has 0 bridgehead atoms. The average Bonchev–Trinajstić information content (AvgIpc) is 2.55. The van der Waals surface area contributed by atoms with E-state index in [-0.39, 0.29) is 0 Å². The molecule has 0 radical (unpaired) electrons. The number of hydrogen-bond acceptors (Lipinski definition) is 4. The summed E-state index contributed by atoms with van der Waals surface area (Å²) < 4.78 is 5.08. The van der Waals surface area contributed by atoms with Crippen LogP contribution in [0.2, 0.25) is 0 Å². The first-order chi connectivity index (χ1) is 10.2. The third kappa shape index (κ3) is 4.53. The normalized spacial score (nSPS) is 12.1. The lowest BCUT2D eigenvalue weighted by molar-refractivity contribution is 0.397. The van der Waals surface area contributed by atoms with Gasteiger partial charge in [-0.2, -0.15) is 0 Å². The molecule has 0 aliphatic carbocycles. The van der Waals surface area contributed by atoms with Gasteiger partial charge in [0.15, 0.2) is 0 Å². The topological polar surface area (TPSA) is 47.0 Å². The number of rotatable bonds is 7. The van der Waals surface area contributed by atoms with Crippen LogP contribution in [0.15, 0.2) is 36.7 Å². The molecule has 0 spiro atoms. The highest BCUT2D eigenvalue weighted by Gasteiger charge is 2.10. The van der Waals surface area contributed by atoms with E-state index in [1.165, 1.54) is 11.1 Å². The minimum Gasteiger partial charge on any atom is -0.481 e. The summed E-state index contributed by atoms with van der Waals surface area (Å²) in [6.07, 6.45) is 6.70. The summed E-state index contributed by atoms with van der Waals surface area (Å²) in [5.74, 6) is 0.650. The Balaban J connectivity index is 1.98. The molecular weight excluding hydrogens is 262 g/mol. The summed E-state index contributed by atoms with van der Waals surface area (Å²) in [7, 11) is 3.62. The van der Waals surface area contributed by atoms with E-state index >= 15 is 0 Å². The summed E-state index contributed by atoms with van der Waals surface area (Å²) in [5, 5.41) is 3.36. The summed E-state index contributed by atoms with van der Waals surface area (Å²) >= 11 is 0. The number of nitrogens with zero attached hydrogens (tertiary/aromatic N) is 2. The van der Waals surface area contributed by atoms with Crippen molar-refractivity contribution in [2.75, 3.05) is 14.2 Å². The fourth-order valence-corrected chi connectivity index (χ4v) is 2.25. The predicted octanol–water partition coefficient (Wildman–Crippen LogP) is 2.42. The largest absolute Gasteiger partial charge is 0.481 e. The third-order valence-corrected chi connectivity index (χ3v) is 3.65. The van der Waals surface area contributed by atoms with Crippen molar-refractivity contribution >= 4 is 0 Å². The average molecular weight is 285 g/mol. The van der Waals surface area contributed by atoms with Crippen molar-refractivity contribution in [2.45, 2.75) is 32.2 Å². The Hall–Kier alpha value is -1.94. The summed E-state index contributed by atoms with van der Waals surface area (Å²) in [6, 6.07) is 8.58. The number of likely N-dealkylation sites (N-methyl/N-ethyl adjacent to an activating group) is 1. The zero-order valence-corrected chi connectivity index (χ0v) is 13.0. The molecule has 4 heteroatoms. The van der Waals surface area contributed by atoms with Crippen LogP contribution in [0, 0.1) is 0 Å². The van der Waals surface area contributed by atoms with Crippen LogP contribution < -0.4 is 10.1 Å². The maximum atomic E-state index is 5.08. The van der Waals surface area contributed by atoms with Gasteiger partial charge in [0, 0.05) is 36.6 Å². The van der Waals surface area contributed by atoms with E-state index in [1.54, 1.807) is 7.11 Å². The molecule has 0 saturated carbocycles. The van der Waals surface area contributed by atoms with Gasteiger partial charge in [-0.05, 0) is 37.1 Å². The highest BCUT2D eigenvalue weighted by molar-refractivity contribution is 5.20. The monoisotopic (exact) mass is 285 g/mol. The molecular formula is C17H23N3O. The Morgan fingerprint density at radius 2 is 1.81 bits per heavy atom. The minimum absolute atomic E-state index is 0.347. The molecule has 0 aromatic carbocycles. The number of ether oxygens (including phenoxy) is 1. The number of methoxy groups -OCH3 is 1. The van der Waals surface area contributed by atoms with Crippen LogP contribution in [0.25, 0.3) is 0 Å².